The van der Waals surface area contributed by atoms with Crippen molar-refractivity contribution >= 4 is 17.5 Å². The monoisotopic (exact) mass is 374 g/mol. The molecule has 4 rings (SSSR count). The molecule has 4 heteroatoms. The van der Waals surface area contributed by atoms with Gasteiger partial charge in [-0.3, -0.25) is 14.4 Å². The van der Waals surface area contributed by atoms with Crippen LogP contribution in [0, 0.1) is 34.5 Å². The van der Waals surface area contributed by atoms with Gasteiger partial charge in [-0.1, -0.05) is 13.8 Å². The van der Waals surface area contributed by atoms with E-state index in [9.17, 15) is 14.4 Å². The lowest BCUT2D eigenvalue weighted by Gasteiger charge is -2.61. The second-order valence-corrected chi connectivity index (χ2v) is 10.4. The third kappa shape index (κ3) is 2.50. The van der Waals surface area contributed by atoms with Gasteiger partial charge in [0.2, 0.25) is 0 Å². The fraction of sp³-hybridized carbons (Fsp3) is 0.870. The molecule has 0 aliphatic heterocycles. The summed E-state index contributed by atoms with van der Waals surface area (Å²) in [5.41, 5.74) is -0.921. The summed E-state index contributed by atoms with van der Waals surface area (Å²) in [4.78, 5) is 36.6. The Balaban J connectivity index is 1.67. The lowest BCUT2D eigenvalue weighted by atomic mass is 9.44. The zero-order chi connectivity index (χ0) is 19.6. The Hall–Kier alpha value is -1.19. The van der Waals surface area contributed by atoms with Gasteiger partial charge >= 0.3 is 5.97 Å². The van der Waals surface area contributed by atoms with E-state index in [4.69, 9.17) is 4.74 Å². The van der Waals surface area contributed by atoms with Crippen LogP contribution < -0.4 is 0 Å². The Morgan fingerprint density at radius 3 is 2.33 bits per heavy atom. The Bertz CT molecular complexity index is 684. The van der Waals surface area contributed by atoms with Crippen LogP contribution in [0.15, 0.2) is 0 Å². The molecule has 7 atom stereocenters. The molecule has 27 heavy (non-hydrogen) atoms. The molecule has 4 aliphatic carbocycles. The number of carbonyl (C=O) groups is 3. The summed E-state index contributed by atoms with van der Waals surface area (Å²) >= 11 is 0. The average Bonchev–Trinajstić information content (AvgIpc) is 2.89. The summed E-state index contributed by atoms with van der Waals surface area (Å²) < 4.78 is 5.83. The molecule has 0 heterocycles. The minimum atomic E-state index is -0.936. The van der Waals surface area contributed by atoms with Gasteiger partial charge in [0.15, 0.2) is 11.4 Å². The van der Waals surface area contributed by atoms with E-state index in [0.29, 0.717) is 35.9 Å². The first-order valence-corrected chi connectivity index (χ1v) is 10.9. The van der Waals surface area contributed by atoms with E-state index in [1.165, 1.54) is 6.92 Å². The summed E-state index contributed by atoms with van der Waals surface area (Å²) in [5, 5.41) is 0. The minimum Gasteiger partial charge on any atom is -0.451 e. The van der Waals surface area contributed by atoms with Crippen molar-refractivity contribution in [3.8, 4) is 0 Å². The fourth-order valence-corrected chi connectivity index (χ4v) is 8.11. The van der Waals surface area contributed by atoms with Crippen LogP contribution in [-0.4, -0.2) is 23.1 Å². The maximum Gasteiger partial charge on any atom is 0.303 e. The van der Waals surface area contributed by atoms with E-state index in [1.807, 2.05) is 0 Å². The van der Waals surface area contributed by atoms with Crippen molar-refractivity contribution in [3.63, 3.8) is 0 Å². The highest BCUT2D eigenvalue weighted by atomic mass is 16.6. The van der Waals surface area contributed by atoms with Gasteiger partial charge in [-0.15, -0.1) is 0 Å². The maximum atomic E-state index is 12.7. The second kappa shape index (κ2) is 6.15. The number of ketones is 2. The molecule has 0 amide bonds. The van der Waals surface area contributed by atoms with Gasteiger partial charge in [-0.2, -0.15) is 0 Å². The van der Waals surface area contributed by atoms with Crippen molar-refractivity contribution in [1.82, 2.24) is 0 Å². The molecule has 0 bridgehead atoms. The Morgan fingerprint density at radius 2 is 1.67 bits per heavy atom. The molecule has 0 aromatic rings. The molecule has 4 nitrogen and oxygen atoms in total. The van der Waals surface area contributed by atoms with Crippen LogP contribution in [0.5, 0.6) is 0 Å². The first kappa shape index (κ1) is 19.1. The number of fused-ring (bicyclic) bond motifs is 5. The van der Waals surface area contributed by atoms with Gasteiger partial charge in [0.25, 0.3) is 0 Å². The van der Waals surface area contributed by atoms with Gasteiger partial charge in [0.1, 0.15) is 5.78 Å². The van der Waals surface area contributed by atoms with Gasteiger partial charge < -0.3 is 4.74 Å². The van der Waals surface area contributed by atoms with Gasteiger partial charge in [0.05, 0.1) is 0 Å². The number of esters is 1. The van der Waals surface area contributed by atoms with Crippen LogP contribution in [0.25, 0.3) is 0 Å². The molecule has 7 unspecified atom stereocenters. The van der Waals surface area contributed by atoms with E-state index >= 15 is 0 Å². The molecular weight excluding hydrogens is 340 g/mol. The van der Waals surface area contributed by atoms with Crippen molar-refractivity contribution in [2.45, 2.75) is 91.1 Å². The van der Waals surface area contributed by atoms with Crippen LogP contribution >= 0.6 is 0 Å². The van der Waals surface area contributed by atoms with Crippen molar-refractivity contribution in [3.05, 3.63) is 0 Å². The van der Waals surface area contributed by atoms with Crippen molar-refractivity contribution in [2.24, 2.45) is 34.5 Å². The molecule has 0 N–H and O–H groups in total. The van der Waals surface area contributed by atoms with Crippen molar-refractivity contribution in [2.75, 3.05) is 0 Å². The molecule has 4 fully saturated rings. The molecule has 0 radical (unpaired) electrons. The molecule has 4 aliphatic rings. The third-order valence-corrected chi connectivity index (χ3v) is 9.49. The Kier molecular flexibility index (Phi) is 4.36. The standard InChI is InChI=1S/C23H34O4/c1-14(24)23(27-15(2)25)12-9-20-18-6-5-16-13-17(26)7-10-21(16,3)19(18)8-11-22(20,23)4/h16,18-20H,5-13H2,1-4H3. The van der Waals surface area contributed by atoms with E-state index in [2.05, 4.69) is 13.8 Å². The summed E-state index contributed by atoms with van der Waals surface area (Å²) in [5.74, 6) is 2.34. The smallest absolute Gasteiger partial charge is 0.303 e. The average molecular weight is 375 g/mol. The number of Topliss-reactive ketones (excluding diaryl/α,β-unsaturated/α-hetero) is 2. The van der Waals surface area contributed by atoms with Gasteiger partial charge in [-0.25, -0.2) is 0 Å². The van der Waals surface area contributed by atoms with Crippen LogP contribution in [0.1, 0.15) is 85.5 Å². The number of hydrogen-bond donors (Lipinski definition) is 0. The third-order valence-electron chi connectivity index (χ3n) is 9.49. The molecule has 150 valence electrons. The highest BCUT2D eigenvalue weighted by molar-refractivity contribution is 5.89. The van der Waals surface area contributed by atoms with Crippen LogP contribution in [0.3, 0.4) is 0 Å². The first-order chi connectivity index (χ1) is 12.6. The SMILES string of the molecule is CC(=O)OC1(C(C)=O)CCC2C3CCC4CC(=O)CCC4(C)C3CCC21C. The molecule has 0 saturated heterocycles. The fourth-order valence-electron chi connectivity index (χ4n) is 8.11. The number of hydrogen-bond acceptors (Lipinski definition) is 4. The zero-order valence-electron chi connectivity index (χ0n) is 17.3. The molecule has 4 saturated carbocycles. The minimum absolute atomic E-state index is 0.0179. The van der Waals surface area contributed by atoms with Crippen molar-refractivity contribution in [1.29, 1.82) is 0 Å². The van der Waals surface area contributed by atoms with E-state index in [1.54, 1.807) is 6.92 Å². The molecule has 0 aromatic carbocycles. The number of carbonyl (C=O) groups excluding carboxylic acids is 3. The van der Waals surface area contributed by atoms with E-state index in [0.717, 1.165) is 51.4 Å². The first-order valence-electron chi connectivity index (χ1n) is 10.9. The molecule has 0 spiro atoms. The van der Waals surface area contributed by atoms with Crippen LogP contribution in [-0.2, 0) is 19.1 Å². The predicted molar refractivity (Wildman–Crippen MR) is 102 cm³/mol. The lowest BCUT2D eigenvalue weighted by Crippen LogP contribution is -2.59. The summed E-state index contributed by atoms with van der Waals surface area (Å²) in [7, 11) is 0. The topological polar surface area (TPSA) is 60.4 Å². The van der Waals surface area contributed by atoms with Crippen LogP contribution in [0.2, 0.25) is 0 Å². The highest BCUT2D eigenvalue weighted by Gasteiger charge is 2.68. The summed E-state index contributed by atoms with van der Waals surface area (Å²) in [6.07, 6.45) is 8.52. The Labute approximate surface area is 162 Å². The van der Waals surface area contributed by atoms with E-state index < -0.39 is 5.60 Å². The number of rotatable bonds is 2. The largest absolute Gasteiger partial charge is 0.451 e. The van der Waals surface area contributed by atoms with Gasteiger partial charge in [-0.05, 0) is 81.0 Å². The summed E-state index contributed by atoms with van der Waals surface area (Å²) in [6.45, 7) is 7.68. The summed E-state index contributed by atoms with van der Waals surface area (Å²) in [6, 6.07) is 0. The van der Waals surface area contributed by atoms with Crippen molar-refractivity contribution < 1.29 is 19.1 Å². The number of ether oxygens (including phenoxy) is 1. The predicted octanol–water partition coefficient (Wildman–Crippen LogP) is 4.49. The van der Waals surface area contributed by atoms with Crippen LogP contribution in [0.4, 0.5) is 0 Å². The normalized spacial score (nSPS) is 49.0. The lowest BCUT2D eigenvalue weighted by molar-refractivity contribution is -0.191. The Morgan fingerprint density at radius 1 is 0.963 bits per heavy atom. The quantitative estimate of drug-likeness (QED) is 0.668. The molecular formula is C23H34O4. The highest BCUT2D eigenvalue weighted by Crippen LogP contribution is 2.68. The maximum absolute atomic E-state index is 12.7. The van der Waals surface area contributed by atoms with E-state index in [-0.39, 0.29) is 22.6 Å². The second-order valence-electron chi connectivity index (χ2n) is 10.4. The zero-order valence-corrected chi connectivity index (χ0v) is 17.3. The molecule has 0 aromatic heterocycles. The van der Waals surface area contributed by atoms with Gasteiger partial charge in [0, 0.05) is 25.2 Å².